The largest absolute Gasteiger partial charge is 0.451 e. The number of hydrogen-bond acceptors (Lipinski definition) is 4. The molecule has 150 valence electrons. The molecule has 0 unspecified atom stereocenters. The molecular weight excluding hydrogens is 370 g/mol. The van der Waals surface area contributed by atoms with Gasteiger partial charge in [0.1, 0.15) is 5.69 Å². The van der Waals surface area contributed by atoms with Crippen LogP contribution in [0.15, 0.2) is 42.5 Å². The summed E-state index contributed by atoms with van der Waals surface area (Å²) in [6.45, 7) is 3.55. The Morgan fingerprint density at radius 2 is 1.72 bits per heavy atom. The molecule has 0 aliphatic heterocycles. The van der Waals surface area contributed by atoms with Crippen molar-refractivity contribution in [2.24, 2.45) is 0 Å². The van der Waals surface area contributed by atoms with E-state index in [9.17, 15) is 14.4 Å². The average molecular weight is 393 g/mol. The van der Waals surface area contributed by atoms with E-state index in [-0.39, 0.29) is 5.91 Å². The maximum absolute atomic E-state index is 12.3. The van der Waals surface area contributed by atoms with Crippen LogP contribution in [-0.2, 0) is 9.53 Å². The monoisotopic (exact) mass is 393 g/mol. The number of nitrogens with one attached hydrogen (secondary N) is 2. The number of hydrogen-bond donors (Lipinski definition) is 2. The Bertz CT molecular complexity index is 1080. The molecule has 0 atom stereocenters. The Balaban J connectivity index is 1.58. The summed E-state index contributed by atoms with van der Waals surface area (Å²) in [5.74, 6) is -1.19. The van der Waals surface area contributed by atoms with Gasteiger partial charge < -0.3 is 19.9 Å². The van der Waals surface area contributed by atoms with Crippen LogP contribution in [0, 0.1) is 13.8 Å². The van der Waals surface area contributed by atoms with Crippen molar-refractivity contribution < 1.29 is 19.1 Å². The molecule has 0 bridgehead atoms. The molecule has 0 radical (unpaired) electrons. The fraction of sp³-hybridized carbons (Fsp3) is 0.227. The number of aromatic nitrogens is 1. The van der Waals surface area contributed by atoms with E-state index in [2.05, 4.69) is 10.3 Å². The lowest BCUT2D eigenvalue weighted by Gasteiger charge is -2.11. The van der Waals surface area contributed by atoms with Crippen molar-refractivity contribution in [2.45, 2.75) is 13.8 Å². The summed E-state index contributed by atoms with van der Waals surface area (Å²) < 4.78 is 5.11. The smallest absolute Gasteiger partial charge is 0.355 e. The van der Waals surface area contributed by atoms with Crippen molar-refractivity contribution in [1.29, 1.82) is 0 Å². The van der Waals surface area contributed by atoms with Crippen molar-refractivity contribution in [2.75, 3.05) is 26.0 Å². The van der Waals surface area contributed by atoms with Crippen LogP contribution in [-0.4, -0.2) is 48.4 Å². The number of aryl methyl sites for hydroxylation is 2. The van der Waals surface area contributed by atoms with Crippen LogP contribution in [0.4, 0.5) is 5.69 Å². The number of amides is 2. The Morgan fingerprint density at radius 1 is 1.03 bits per heavy atom. The molecule has 1 aromatic heterocycles. The van der Waals surface area contributed by atoms with E-state index in [0.717, 1.165) is 22.0 Å². The zero-order valence-electron chi connectivity index (χ0n) is 16.8. The van der Waals surface area contributed by atoms with Crippen LogP contribution >= 0.6 is 0 Å². The third-order valence-electron chi connectivity index (χ3n) is 4.47. The van der Waals surface area contributed by atoms with Crippen LogP contribution < -0.4 is 5.32 Å². The van der Waals surface area contributed by atoms with Gasteiger partial charge in [-0.3, -0.25) is 9.59 Å². The first kappa shape index (κ1) is 20.1. The van der Waals surface area contributed by atoms with Crippen molar-refractivity contribution in [3.8, 4) is 0 Å². The lowest BCUT2D eigenvalue weighted by Crippen LogP contribution is -2.22. The minimum Gasteiger partial charge on any atom is -0.451 e. The third-order valence-corrected chi connectivity index (χ3v) is 4.47. The SMILES string of the molecule is Cc1cc(C)c2cc(C(=O)OCC(=O)Nc3ccc(C(=O)N(C)C)cc3)[nH]c2c1. The molecule has 0 fully saturated rings. The summed E-state index contributed by atoms with van der Waals surface area (Å²) in [4.78, 5) is 40.7. The first-order valence-corrected chi connectivity index (χ1v) is 9.13. The Morgan fingerprint density at radius 3 is 2.38 bits per heavy atom. The molecule has 3 rings (SSSR count). The van der Waals surface area contributed by atoms with Crippen LogP contribution in [0.1, 0.15) is 32.0 Å². The summed E-state index contributed by atoms with van der Waals surface area (Å²) in [5, 5.41) is 3.58. The number of rotatable bonds is 5. The second-order valence-electron chi connectivity index (χ2n) is 7.13. The molecule has 0 saturated carbocycles. The molecule has 0 aliphatic carbocycles. The zero-order valence-corrected chi connectivity index (χ0v) is 16.8. The maximum atomic E-state index is 12.3. The summed E-state index contributed by atoms with van der Waals surface area (Å²) in [7, 11) is 3.34. The molecular formula is C22H23N3O4. The highest BCUT2D eigenvalue weighted by molar-refractivity contribution is 5.99. The van der Waals surface area contributed by atoms with E-state index in [1.807, 2.05) is 26.0 Å². The third kappa shape index (κ3) is 4.63. The number of esters is 1. The number of carbonyl (C=O) groups is 3. The molecule has 0 aliphatic rings. The van der Waals surface area contributed by atoms with Gasteiger partial charge in [0.05, 0.1) is 0 Å². The Kier molecular flexibility index (Phi) is 5.68. The molecule has 1 heterocycles. The second kappa shape index (κ2) is 8.18. The van der Waals surface area contributed by atoms with Gasteiger partial charge in [0.25, 0.3) is 11.8 Å². The molecule has 7 nitrogen and oxygen atoms in total. The van der Waals surface area contributed by atoms with Crippen LogP contribution in [0.2, 0.25) is 0 Å². The van der Waals surface area contributed by atoms with Crippen molar-refractivity contribution in [3.63, 3.8) is 0 Å². The summed E-state index contributed by atoms with van der Waals surface area (Å²) in [6, 6.07) is 12.2. The van der Waals surface area contributed by atoms with Crippen molar-refractivity contribution in [3.05, 3.63) is 64.8 Å². The van der Waals surface area contributed by atoms with E-state index in [4.69, 9.17) is 4.74 Å². The lowest BCUT2D eigenvalue weighted by atomic mass is 10.1. The highest BCUT2D eigenvalue weighted by Gasteiger charge is 2.15. The number of aromatic amines is 1. The average Bonchev–Trinajstić information content (AvgIpc) is 3.10. The Hall–Kier alpha value is -3.61. The van der Waals surface area contributed by atoms with Gasteiger partial charge in [-0.25, -0.2) is 4.79 Å². The van der Waals surface area contributed by atoms with E-state index in [1.165, 1.54) is 4.90 Å². The highest BCUT2D eigenvalue weighted by atomic mass is 16.5. The minimum absolute atomic E-state index is 0.124. The van der Waals surface area contributed by atoms with Gasteiger partial charge >= 0.3 is 5.97 Å². The van der Waals surface area contributed by atoms with Crippen molar-refractivity contribution in [1.82, 2.24) is 9.88 Å². The number of fused-ring (bicyclic) bond motifs is 1. The van der Waals surface area contributed by atoms with E-state index in [0.29, 0.717) is 16.9 Å². The van der Waals surface area contributed by atoms with E-state index >= 15 is 0 Å². The first-order chi connectivity index (χ1) is 13.7. The van der Waals surface area contributed by atoms with E-state index in [1.54, 1.807) is 44.4 Å². The van der Waals surface area contributed by atoms with Crippen LogP contribution in [0.5, 0.6) is 0 Å². The predicted molar refractivity (Wildman–Crippen MR) is 111 cm³/mol. The summed E-state index contributed by atoms with van der Waals surface area (Å²) >= 11 is 0. The molecule has 0 saturated heterocycles. The van der Waals surface area contributed by atoms with Gasteiger partial charge in [-0.1, -0.05) is 6.07 Å². The minimum atomic E-state index is -0.597. The highest BCUT2D eigenvalue weighted by Crippen LogP contribution is 2.22. The van der Waals surface area contributed by atoms with Gasteiger partial charge in [-0.05, 0) is 61.4 Å². The van der Waals surface area contributed by atoms with Crippen LogP contribution in [0.25, 0.3) is 10.9 Å². The topological polar surface area (TPSA) is 91.5 Å². The molecule has 2 N–H and O–H groups in total. The molecule has 29 heavy (non-hydrogen) atoms. The predicted octanol–water partition coefficient (Wildman–Crippen LogP) is 3.28. The second-order valence-corrected chi connectivity index (χ2v) is 7.13. The number of H-pyrrole nitrogens is 1. The number of carbonyl (C=O) groups excluding carboxylic acids is 3. The first-order valence-electron chi connectivity index (χ1n) is 9.13. The standard InChI is InChI=1S/C22H23N3O4/c1-13-9-14(2)17-11-19(24-18(17)10-13)22(28)29-12-20(26)23-16-7-5-15(6-8-16)21(27)25(3)4/h5-11,24H,12H2,1-4H3,(H,23,26). The lowest BCUT2D eigenvalue weighted by molar-refractivity contribution is -0.119. The Labute approximate surface area is 168 Å². The summed E-state index contributed by atoms with van der Waals surface area (Å²) in [5.41, 5.74) is 4.33. The number of ether oxygens (including phenoxy) is 1. The quantitative estimate of drug-likeness (QED) is 0.651. The zero-order chi connectivity index (χ0) is 21.1. The summed E-state index contributed by atoms with van der Waals surface area (Å²) in [6.07, 6.45) is 0. The molecule has 2 amide bonds. The van der Waals surface area contributed by atoms with Crippen LogP contribution in [0.3, 0.4) is 0 Å². The molecule has 0 spiro atoms. The number of benzene rings is 2. The van der Waals surface area contributed by atoms with Gasteiger partial charge in [0.2, 0.25) is 0 Å². The normalized spacial score (nSPS) is 10.6. The van der Waals surface area contributed by atoms with Gasteiger partial charge in [-0.2, -0.15) is 0 Å². The fourth-order valence-electron chi connectivity index (χ4n) is 3.07. The van der Waals surface area contributed by atoms with Crippen molar-refractivity contribution >= 4 is 34.4 Å². The molecule has 3 aromatic rings. The van der Waals surface area contributed by atoms with Gasteiger partial charge in [0, 0.05) is 36.2 Å². The maximum Gasteiger partial charge on any atom is 0.355 e. The van der Waals surface area contributed by atoms with Gasteiger partial charge in [-0.15, -0.1) is 0 Å². The fourth-order valence-corrected chi connectivity index (χ4v) is 3.07. The van der Waals surface area contributed by atoms with Gasteiger partial charge in [0.15, 0.2) is 6.61 Å². The van der Waals surface area contributed by atoms with E-state index < -0.39 is 18.5 Å². The number of nitrogens with zero attached hydrogens (tertiary/aromatic N) is 1. The molecule has 2 aromatic carbocycles. The number of anilines is 1. The molecule has 7 heteroatoms.